The number of nitrogens with one attached hydrogen (secondary N) is 1. The molecule has 0 fully saturated rings. The average Bonchev–Trinajstić information content (AvgIpc) is 2.53. The number of carbonyl (C=O) groups excluding carboxylic acids is 1. The molecule has 1 atom stereocenters. The van der Waals surface area contributed by atoms with Gasteiger partial charge in [0.05, 0.1) is 4.90 Å². The van der Waals surface area contributed by atoms with Gasteiger partial charge in [-0.15, -0.1) is 0 Å². The largest absolute Gasteiger partial charge is 0.350 e. The van der Waals surface area contributed by atoms with Gasteiger partial charge in [-0.25, -0.2) is 8.42 Å². The third kappa shape index (κ3) is 5.82. The van der Waals surface area contributed by atoms with E-state index < -0.39 is 10.0 Å². The first kappa shape index (κ1) is 21.6. The molecule has 1 amide bonds. The van der Waals surface area contributed by atoms with E-state index in [-0.39, 0.29) is 16.8 Å². The van der Waals surface area contributed by atoms with Crippen LogP contribution in [0, 0.1) is 12.8 Å². The Balaban J connectivity index is 3.03. The Bertz CT molecular complexity index is 680. The minimum Gasteiger partial charge on any atom is -0.350 e. The first-order valence-corrected chi connectivity index (χ1v) is 10.5. The maximum atomic E-state index is 12.8. The van der Waals surface area contributed by atoms with E-state index in [1.165, 1.54) is 10.4 Å². The topological polar surface area (TPSA) is 66.5 Å². The number of sulfonamides is 1. The van der Waals surface area contributed by atoms with Gasteiger partial charge in [0.15, 0.2) is 0 Å². The van der Waals surface area contributed by atoms with Crippen molar-refractivity contribution in [1.29, 1.82) is 0 Å². The highest BCUT2D eigenvalue weighted by atomic mass is 32.2. The van der Waals surface area contributed by atoms with Gasteiger partial charge in [-0.2, -0.15) is 4.31 Å². The highest BCUT2D eigenvalue weighted by molar-refractivity contribution is 7.89. The summed E-state index contributed by atoms with van der Waals surface area (Å²) in [6, 6.07) is 4.93. The highest BCUT2D eigenvalue weighted by Crippen LogP contribution is 2.21. The molecule has 1 unspecified atom stereocenters. The number of benzene rings is 1. The molecule has 0 aromatic heterocycles. The summed E-state index contributed by atoms with van der Waals surface area (Å²) in [6.07, 6.45) is 1.94. The van der Waals surface area contributed by atoms with E-state index in [4.69, 9.17) is 0 Å². The zero-order valence-electron chi connectivity index (χ0n) is 16.3. The molecule has 1 aromatic rings. The van der Waals surface area contributed by atoms with Gasteiger partial charge in [0, 0.05) is 24.7 Å². The molecule has 0 spiro atoms. The number of rotatable bonds is 9. The monoisotopic (exact) mass is 368 g/mol. The van der Waals surface area contributed by atoms with E-state index in [9.17, 15) is 13.2 Å². The Morgan fingerprint density at radius 1 is 1.12 bits per heavy atom. The fourth-order valence-corrected chi connectivity index (χ4v) is 4.39. The van der Waals surface area contributed by atoms with Crippen LogP contribution in [-0.2, 0) is 10.0 Å². The lowest BCUT2D eigenvalue weighted by molar-refractivity contribution is 0.0937. The molecule has 1 N–H and O–H groups in total. The van der Waals surface area contributed by atoms with Crippen molar-refractivity contribution in [2.24, 2.45) is 5.92 Å². The van der Waals surface area contributed by atoms with Crippen LogP contribution in [0.5, 0.6) is 0 Å². The summed E-state index contributed by atoms with van der Waals surface area (Å²) in [5.74, 6) is 0.358. The van der Waals surface area contributed by atoms with E-state index in [2.05, 4.69) is 19.2 Å². The molecule has 0 saturated heterocycles. The normalized spacial score (nSPS) is 13.3. The molecular formula is C19H32N2O3S. The van der Waals surface area contributed by atoms with Gasteiger partial charge < -0.3 is 5.32 Å². The minimum absolute atomic E-state index is 0.0547. The lowest BCUT2D eigenvalue weighted by Crippen LogP contribution is -2.34. The summed E-state index contributed by atoms with van der Waals surface area (Å²) >= 11 is 0. The molecule has 6 heteroatoms. The smallest absolute Gasteiger partial charge is 0.251 e. The van der Waals surface area contributed by atoms with Crippen LogP contribution >= 0.6 is 0 Å². The lowest BCUT2D eigenvalue weighted by Gasteiger charge is -2.20. The van der Waals surface area contributed by atoms with Gasteiger partial charge in [0.1, 0.15) is 0 Å². The van der Waals surface area contributed by atoms with Gasteiger partial charge in [-0.1, -0.05) is 33.8 Å². The van der Waals surface area contributed by atoms with Gasteiger partial charge in [0.2, 0.25) is 10.0 Å². The molecule has 0 aliphatic heterocycles. The molecule has 0 radical (unpaired) electrons. The Labute approximate surface area is 152 Å². The zero-order chi connectivity index (χ0) is 19.2. The van der Waals surface area contributed by atoms with E-state index in [0.717, 1.165) is 12.8 Å². The van der Waals surface area contributed by atoms with Crippen molar-refractivity contribution in [2.75, 3.05) is 13.1 Å². The van der Waals surface area contributed by atoms with Crippen molar-refractivity contribution in [3.8, 4) is 0 Å². The summed E-state index contributed by atoms with van der Waals surface area (Å²) in [5.41, 5.74) is 1.03. The van der Waals surface area contributed by atoms with Crippen LogP contribution < -0.4 is 5.32 Å². The van der Waals surface area contributed by atoms with Crippen LogP contribution in [0.1, 0.15) is 63.4 Å². The Morgan fingerprint density at radius 2 is 1.72 bits per heavy atom. The number of amides is 1. The van der Waals surface area contributed by atoms with Gasteiger partial charge in [-0.05, 0) is 50.3 Å². The van der Waals surface area contributed by atoms with Crippen LogP contribution in [0.25, 0.3) is 0 Å². The third-order valence-electron chi connectivity index (χ3n) is 4.33. The Hall–Kier alpha value is -1.40. The number of hydrogen-bond donors (Lipinski definition) is 1. The summed E-state index contributed by atoms with van der Waals surface area (Å²) in [6.45, 7) is 12.5. The second-order valence-corrected chi connectivity index (χ2v) is 8.82. The van der Waals surface area contributed by atoms with Crippen molar-refractivity contribution in [2.45, 2.75) is 65.3 Å². The zero-order valence-corrected chi connectivity index (χ0v) is 17.1. The quantitative estimate of drug-likeness (QED) is 0.724. The molecule has 0 saturated carbocycles. The van der Waals surface area contributed by atoms with Crippen LogP contribution in [0.15, 0.2) is 23.1 Å². The molecule has 5 nitrogen and oxygen atoms in total. The van der Waals surface area contributed by atoms with E-state index in [0.29, 0.717) is 30.1 Å². The van der Waals surface area contributed by atoms with Crippen LogP contribution in [-0.4, -0.2) is 37.8 Å². The number of hydrogen-bond acceptors (Lipinski definition) is 3. The first-order chi connectivity index (χ1) is 11.6. The van der Waals surface area contributed by atoms with E-state index in [1.807, 2.05) is 20.8 Å². The molecule has 0 aliphatic rings. The Kier molecular flexibility index (Phi) is 8.09. The summed E-state index contributed by atoms with van der Waals surface area (Å²) < 4.78 is 27.0. The fraction of sp³-hybridized carbons (Fsp3) is 0.632. The highest BCUT2D eigenvalue weighted by Gasteiger charge is 2.24. The van der Waals surface area contributed by atoms with Crippen molar-refractivity contribution in [1.82, 2.24) is 9.62 Å². The van der Waals surface area contributed by atoms with Crippen LogP contribution in [0.4, 0.5) is 0 Å². The van der Waals surface area contributed by atoms with E-state index in [1.54, 1.807) is 19.1 Å². The SMILES string of the molecule is CCN(CC)S(=O)(=O)c1cc(C(=O)NC(C)CCC(C)C)ccc1C. The van der Waals surface area contributed by atoms with E-state index >= 15 is 0 Å². The molecular weight excluding hydrogens is 336 g/mol. The molecule has 25 heavy (non-hydrogen) atoms. The predicted octanol–water partition coefficient (Wildman–Crippen LogP) is 3.58. The number of aryl methyl sites for hydroxylation is 1. The van der Waals surface area contributed by atoms with Gasteiger partial charge in [-0.3, -0.25) is 4.79 Å². The van der Waals surface area contributed by atoms with Gasteiger partial charge >= 0.3 is 0 Å². The standard InChI is InChI=1S/C19H32N2O3S/c1-7-21(8-2)25(23,24)18-13-17(12-10-15(18)5)19(22)20-16(6)11-9-14(3)4/h10,12-14,16H,7-9,11H2,1-6H3,(H,20,22). The second-order valence-electron chi connectivity index (χ2n) is 6.92. The maximum absolute atomic E-state index is 12.8. The van der Waals surface area contributed by atoms with Crippen molar-refractivity contribution in [3.63, 3.8) is 0 Å². The summed E-state index contributed by atoms with van der Waals surface area (Å²) in [5, 5.41) is 2.96. The maximum Gasteiger partial charge on any atom is 0.251 e. The van der Waals surface area contributed by atoms with Crippen LogP contribution in [0.3, 0.4) is 0 Å². The number of nitrogens with zero attached hydrogens (tertiary/aromatic N) is 1. The van der Waals surface area contributed by atoms with Crippen LogP contribution in [0.2, 0.25) is 0 Å². The molecule has 0 heterocycles. The second kappa shape index (κ2) is 9.34. The molecule has 0 bridgehead atoms. The third-order valence-corrected chi connectivity index (χ3v) is 6.52. The fourth-order valence-electron chi connectivity index (χ4n) is 2.68. The van der Waals surface area contributed by atoms with Crippen molar-refractivity contribution in [3.05, 3.63) is 29.3 Å². The minimum atomic E-state index is -3.58. The molecule has 1 aromatic carbocycles. The predicted molar refractivity (Wildman–Crippen MR) is 102 cm³/mol. The van der Waals surface area contributed by atoms with Crippen molar-refractivity contribution < 1.29 is 13.2 Å². The summed E-state index contributed by atoms with van der Waals surface area (Å²) in [4.78, 5) is 12.7. The number of carbonyl (C=O) groups is 1. The van der Waals surface area contributed by atoms with Crippen molar-refractivity contribution >= 4 is 15.9 Å². The first-order valence-electron chi connectivity index (χ1n) is 9.05. The summed E-state index contributed by atoms with van der Waals surface area (Å²) in [7, 11) is -3.58. The van der Waals surface area contributed by atoms with Gasteiger partial charge in [0.25, 0.3) is 5.91 Å². The molecule has 1 rings (SSSR count). The molecule has 0 aliphatic carbocycles. The Morgan fingerprint density at radius 3 is 2.24 bits per heavy atom. The lowest BCUT2D eigenvalue weighted by atomic mass is 10.0. The average molecular weight is 369 g/mol. The molecule has 142 valence electrons.